The van der Waals surface area contributed by atoms with E-state index < -0.39 is 0 Å². The van der Waals surface area contributed by atoms with Crippen molar-refractivity contribution in [1.29, 1.82) is 0 Å². The van der Waals surface area contributed by atoms with Gasteiger partial charge in [0.1, 0.15) is 0 Å². The van der Waals surface area contributed by atoms with Gasteiger partial charge in [0, 0.05) is 6.42 Å². The molecule has 1 unspecified atom stereocenters. The average molecular weight is 201 g/mol. The summed E-state index contributed by atoms with van der Waals surface area (Å²) < 4.78 is 5.09. The summed E-state index contributed by atoms with van der Waals surface area (Å²) in [7, 11) is 0. The molecule has 1 aromatic heterocycles. The van der Waals surface area contributed by atoms with Crippen LogP contribution in [0, 0.1) is 5.92 Å². The molecule has 1 saturated carbocycles. The maximum absolute atomic E-state index is 5.97. The zero-order chi connectivity index (χ0) is 9.26. The quantitative estimate of drug-likeness (QED) is 0.702. The van der Waals surface area contributed by atoms with E-state index in [1.807, 2.05) is 6.92 Å². The fourth-order valence-corrected chi connectivity index (χ4v) is 1.32. The highest BCUT2D eigenvalue weighted by Crippen LogP contribution is 2.32. The number of hydrogen-bond acceptors (Lipinski definition) is 3. The molecule has 0 aromatic carbocycles. The minimum atomic E-state index is -0.100. The summed E-state index contributed by atoms with van der Waals surface area (Å²) in [6, 6.07) is 0. The van der Waals surface area contributed by atoms with Crippen molar-refractivity contribution in [2.24, 2.45) is 5.92 Å². The highest BCUT2D eigenvalue weighted by Gasteiger charge is 2.25. The van der Waals surface area contributed by atoms with Gasteiger partial charge in [-0.05, 0) is 25.2 Å². The molecular formula is C9H13ClN2O. The monoisotopic (exact) mass is 200 g/mol. The summed E-state index contributed by atoms with van der Waals surface area (Å²) in [5, 5.41) is 3.75. The van der Waals surface area contributed by atoms with Crippen molar-refractivity contribution in [3.8, 4) is 0 Å². The Kier molecular flexibility index (Phi) is 2.54. The van der Waals surface area contributed by atoms with Crippen LogP contribution in [0.2, 0.25) is 0 Å². The topological polar surface area (TPSA) is 38.9 Å². The van der Waals surface area contributed by atoms with Crippen LogP contribution in [0.4, 0.5) is 0 Å². The molecule has 0 bridgehead atoms. The number of alkyl halides is 1. The van der Waals surface area contributed by atoms with Gasteiger partial charge in [-0.25, -0.2) is 0 Å². The molecule has 1 aromatic rings. The van der Waals surface area contributed by atoms with Gasteiger partial charge in [-0.1, -0.05) is 12.1 Å². The standard InChI is InChI=1S/C9H13ClN2O/c1-2-7(10)9-11-8(13-12-9)5-6-3-4-6/h6-7H,2-5H2,1H3. The molecule has 0 saturated heterocycles. The summed E-state index contributed by atoms with van der Waals surface area (Å²) in [6.07, 6.45) is 4.37. The first-order valence-corrected chi connectivity index (χ1v) is 5.19. The number of nitrogens with zero attached hydrogens (tertiary/aromatic N) is 2. The number of aromatic nitrogens is 2. The van der Waals surface area contributed by atoms with E-state index in [0.29, 0.717) is 5.82 Å². The molecule has 0 spiro atoms. The predicted octanol–water partition coefficient (Wildman–Crippen LogP) is 2.71. The molecule has 1 fully saturated rings. The van der Waals surface area contributed by atoms with Crippen molar-refractivity contribution >= 4 is 11.6 Å². The lowest BCUT2D eigenvalue weighted by Gasteiger charge is -1.95. The van der Waals surface area contributed by atoms with Crippen molar-refractivity contribution in [3.05, 3.63) is 11.7 Å². The second-order valence-corrected chi connectivity index (χ2v) is 4.10. The Labute approximate surface area is 82.5 Å². The van der Waals surface area contributed by atoms with Crippen molar-refractivity contribution < 1.29 is 4.52 Å². The summed E-state index contributed by atoms with van der Waals surface area (Å²) in [5.41, 5.74) is 0. The normalized spacial score (nSPS) is 18.9. The third kappa shape index (κ3) is 2.21. The molecule has 0 aliphatic heterocycles. The first kappa shape index (κ1) is 9.00. The van der Waals surface area contributed by atoms with Crippen LogP contribution in [0.25, 0.3) is 0 Å². The van der Waals surface area contributed by atoms with E-state index in [0.717, 1.165) is 24.7 Å². The molecule has 1 aliphatic rings. The van der Waals surface area contributed by atoms with Gasteiger partial charge < -0.3 is 4.52 Å². The first-order chi connectivity index (χ1) is 6.29. The van der Waals surface area contributed by atoms with Gasteiger partial charge in [0.2, 0.25) is 5.89 Å². The predicted molar refractivity (Wildman–Crippen MR) is 49.6 cm³/mol. The van der Waals surface area contributed by atoms with E-state index >= 15 is 0 Å². The lowest BCUT2D eigenvalue weighted by Crippen LogP contribution is -1.92. The molecule has 1 atom stereocenters. The summed E-state index contributed by atoms with van der Waals surface area (Å²) in [4.78, 5) is 4.25. The second-order valence-electron chi connectivity index (χ2n) is 3.57. The van der Waals surface area contributed by atoms with Gasteiger partial charge >= 0.3 is 0 Å². The SMILES string of the molecule is CCC(Cl)c1noc(CC2CC2)n1. The molecule has 2 rings (SSSR count). The maximum atomic E-state index is 5.97. The van der Waals surface area contributed by atoms with Crippen LogP contribution in [-0.4, -0.2) is 10.1 Å². The molecule has 72 valence electrons. The summed E-state index contributed by atoms with van der Waals surface area (Å²) in [5.74, 6) is 2.17. The van der Waals surface area contributed by atoms with E-state index in [2.05, 4.69) is 10.1 Å². The Bertz CT molecular complexity index is 283. The molecule has 13 heavy (non-hydrogen) atoms. The van der Waals surface area contributed by atoms with Crippen LogP contribution in [0.15, 0.2) is 4.52 Å². The minimum absolute atomic E-state index is 0.100. The summed E-state index contributed by atoms with van der Waals surface area (Å²) >= 11 is 5.97. The Morgan fingerprint density at radius 2 is 2.38 bits per heavy atom. The zero-order valence-corrected chi connectivity index (χ0v) is 8.42. The van der Waals surface area contributed by atoms with E-state index in [4.69, 9.17) is 16.1 Å². The first-order valence-electron chi connectivity index (χ1n) is 4.76. The molecular weight excluding hydrogens is 188 g/mol. The maximum Gasteiger partial charge on any atom is 0.226 e. The lowest BCUT2D eigenvalue weighted by molar-refractivity contribution is 0.367. The smallest absolute Gasteiger partial charge is 0.226 e. The number of hydrogen-bond donors (Lipinski definition) is 0. The fraction of sp³-hybridized carbons (Fsp3) is 0.778. The minimum Gasteiger partial charge on any atom is -0.339 e. The van der Waals surface area contributed by atoms with Gasteiger partial charge in [0.25, 0.3) is 0 Å². The van der Waals surface area contributed by atoms with E-state index in [1.165, 1.54) is 12.8 Å². The molecule has 1 heterocycles. The van der Waals surface area contributed by atoms with Gasteiger partial charge in [-0.3, -0.25) is 0 Å². The van der Waals surface area contributed by atoms with Gasteiger partial charge in [0.05, 0.1) is 5.38 Å². The molecule has 0 radical (unpaired) electrons. The number of halogens is 1. The van der Waals surface area contributed by atoms with Crippen LogP contribution < -0.4 is 0 Å². The lowest BCUT2D eigenvalue weighted by atomic mass is 10.3. The second kappa shape index (κ2) is 3.66. The largest absolute Gasteiger partial charge is 0.339 e. The van der Waals surface area contributed by atoms with Crippen molar-refractivity contribution in [3.63, 3.8) is 0 Å². The highest BCUT2D eigenvalue weighted by atomic mass is 35.5. The van der Waals surface area contributed by atoms with Crippen molar-refractivity contribution in [2.45, 2.75) is 38.0 Å². The molecule has 4 heteroatoms. The Hall–Kier alpha value is -0.570. The fourth-order valence-electron chi connectivity index (χ4n) is 1.23. The van der Waals surface area contributed by atoms with Crippen LogP contribution in [0.3, 0.4) is 0 Å². The van der Waals surface area contributed by atoms with Crippen LogP contribution >= 0.6 is 11.6 Å². The van der Waals surface area contributed by atoms with Crippen LogP contribution in [0.5, 0.6) is 0 Å². The molecule has 1 aliphatic carbocycles. The Balaban J connectivity index is 1.99. The van der Waals surface area contributed by atoms with Gasteiger partial charge in [0.15, 0.2) is 5.82 Å². The van der Waals surface area contributed by atoms with E-state index in [9.17, 15) is 0 Å². The van der Waals surface area contributed by atoms with E-state index in [1.54, 1.807) is 0 Å². The summed E-state index contributed by atoms with van der Waals surface area (Å²) in [6.45, 7) is 2.01. The van der Waals surface area contributed by atoms with Crippen molar-refractivity contribution in [2.75, 3.05) is 0 Å². The third-order valence-corrected chi connectivity index (χ3v) is 2.79. The van der Waals surface area contributed by atoms with Crippen molar-refractivity contribution in [1.82, 2.24) is 10.1 Å². The van der Waals surface area contributed by atoms with E-state index in [-0.39, 0.29) is 5.38 Å². The highest BCUT2D eigenvalue weighted by molar-refractivity contribution is 6.20. The van der Waals surface area contributed by atoms with Crippen LogP contribution in [0.1, 0.15) is 43.3 Å². The Morgan fingerprint density at radius 1 is 1.62 bits per heavy atom. The number of rotatable bonds is 4. The zero-order valence-electron chi connectivity index (χ0n) is 7.66. The van der Waals surface area contributed by atoms with Gasteiger partial charge in [-0.15, -0.1) is 11.6 Å². The third-order valence-electron chi connectivity index (χ3n) is 2.28. The molecule has 3 nitrogen and oxygen atoms in total. The molecule has 0 amide bonds. The van der Waals surface area contributed by atoms with Gasteiger partial charge in [-0.2, -0.15) is 4.98 Å². The Morgan fingerprint density at radius 3 is 3.00 bits per heavy atom. The van der Waals surface area contributed by atoms with Crippen LogP contribution in [-0.2, 0) is 6.42 Å². The average Bonchev–Trinajstić information content (AvgIpc) is 2.81. The molecule has 0 N–H and O–H groups in total.